The van der Waals surface area contributed by atoms with Gasteiger partial charge in [-0.1, -0.05) is 29.8 Å². The number of H-pyrrole nitrogens is 1. The number of halogens is 1. The van der Waals surface area contributed by atoms with E-state index in [9.17, 15) is 24.0 Å². The normalized spacial score (nSPS) is 19.7. The van der Waals surface area contributed by atoms with Gasteiger partial charge in [0, 0.05) is 100 Å². The first kappa shape index (κ1) is 39.2. The number of ketones is 1. The van der Waals surface area contributed by atoms with E-state index in [1.807, 2.05) is 53.4 Å². The predicted octanol–water partition coefficient (Wildman–Crippen LogP) is 5.01. The molecule has 5 aromatic rings. The van der Waals surface area contributed by atoms with Crippen LogP contribution >= 0.6 is 11.6 Å². The van der Waals surface area contributed by atoms with Crippen molar-refractivity contribution in [3.63, 3.8) is 0 Å². The fraction of sp³-hybridized carbons (Fsp3) is 0.341. The molecule has 15 nitrogen and oxygen atoms in total. The van der Waals surface area contributed by atoms with Gasteiger partial charge in [0.05, 0.1) is 16.0 Å². The van der Waals surface area contributed by atoms with Crippen molar-refractivity contribution in [2.75, 3.05) is 56.0 Å². The Morgan fingerprint density at radius 2 is 1.73 bits per heavy atom. The van der Waals surface area contributed by atoms with Crippen LogP contribution in [0.4, 0.5) is 11.5 Å². The zero-order valence-corrected chi connectivity index (χ0v) is 33.6. The smallest absolute Gasteiger partial charge is 0.255 e. The van der Waals surface area contributed by atoms with Gasteiger partial charge >= 0.3 is 0 Å². The van der Waals surface area contributed by atoms with Crippen LogP contribution in [0, 0.1) is 0 Å². The minimum Gasteiger partial charge on any atom is -0.457 e. The number of fused-ring (bicyclic) bond motifs is 2. The molecule has 3 aromatic carbocycles. The summed E-state index contributed by atoms with van der Waals surface area (Å²) >= 11 is 6.63. The standard InChI is InChI=1S/C44H44ClN9O6/c45-35-22-31(60-30-6-2-1-3-7-30)9-11-33(35)40(57)34-23-46-41-39(34)42(48-26-47-41)49-28-5-4-15-53(25-28)38(56)14-16-51-17-19-52(20-18-51)29-8-10-32-27(21-29)24-54(44(32)59)36-12-13-37(55)50-43(36)58/h1-3,6-11,21-23,26,28,36H,4-5,12-20,24-25H2,(H,50,55,58)(H2,46,47,48,49)/t28-,36?/m1/s1. The van der Waals surface area contributed by atoms with Crippen molar-refractivity contribution in [2.24, 2.45) is 0 Å². The van der Waals surface area contributed by atoms with Crippen molar-refractivity contribution >= 4 is 63.6 Å². The number of aromatic nitrogens is 3. The van der Waals surface area contributed by atoms with Gasteiger partial charge in [-0.15, -0.1) is 0 Å². The minimum absolute atomic E-state index is 0.0704. The molecule has 4 amide bonds. The number of anilines is 2. The fourth-order valence-electron chi connectivity index (χ4n) is 8.68. The number of benzene rings is 3. The summed E-state index contributed by atoms with van der Waals surface area (Å²) in [6.07, 6.45) is 5.72. The highest BCUT2D eigenvalue weighted by atomic mass is 35.5. The van der Waals surface area contributed by atoms with Gasteiger partial charge in [-0.05, 0) is 67.3 Å². The van der Waals surface area contributed by atoms with Crippen molar-refractivity contribution in [2.45, 2.75) is 50.7 Å². The van der Waals surface area contributed by atoms with Crippen LogP contribution in [0.3, 0.4) is 0 Å². The van der Waals surface area contributed by atoms with E-state index in [4.69, 9.17) is 16.3 Å². The topological polar surface area (TPSA) is 173 Å². The molecule has 60 heavy (non-hydrogen) atoms. The van der Waals surface area contributed by atoms with Crippen LogP contribution in [0.2, 0.25) is 5.02 Å². The van der Waals surface area contributed by atoms with Crippen LogP contribution in [0.15, 0.2) is 79.3 Å². The Kier molecular flexibility index (Phi) is 10.9. The lowest BCUT2D eigenvalue weighted by Gasteiger charge is -2.37. The first-order valence-corrected chi connectivity index (χ1v) is 20.7. The molecule has 0 spiro atoms. The van der Waals surface area contributed by atoms with Gasteiger partial charge in [0.1, 0.15) is 35.3 Å². The van der Waals surface area contributed by atoms with Gasteiger partial charge in [-0.3, -0.25) is 34.2 Å². The van der Waals surface area contributed by atoms with Crippen molar-refractivity contribution in [1.82, 2.24) is 35.0 Å². The van der Waals surface area contributed by atoms with Crippen LogP contribution in [0.25, 0.3) is 11.0 Å². The maximum Gasteiger partial charge on any atom is 0.255 e. The molecule has 3 fully saturated rings. The summed E-state index contributed by atoms with van der Waals surface area (Å²) in [5.74, 6) is 0.625. The molecule has 16 heteroatoms. The van der Waals surface area contributed by atoms with Crippen LogP contribution < -0.4 is 20.3 Å². The molecule has 1 unspecified atom stereocenters. The second kappa shape index (κ2) is 16.7. The number of aromatic amines is 1. The Labute approximate surface area is 351 Å². The number of carbonyl (C=O) groups excluding carboxylic acids is 5. The summed E-state index contributed by atoms with van der Waals surface area (Å²) in [4.78, 5) is 84.8. The zero-order valence-electron chi connectivity index (χ0n) is 32.9. The number of nitrogens with zero attached hydrogens (tertiary/aromatic N) is 6. The Morgan fingerprint density at radius 1 is 0.900 bits per heavy atom. The average molecular weight is 830 g/mol. The number of piperidine rings is 2. The number of imide groups is 1. The van der Waals surface area contributed by atoms with E-state index in [1.54, 1.807) is 29.3 Å². The van der Waals surface area contributed by atoms with E-state index in [-0.39, 0.29) is 41.0 Å². The van der Waals surface area contributed by atoms with E-state index in [1.165, 1.54) is 6.33 Å². The second-order valence-corrected chi connectivity index (χ2v) is 16.1. The molecule has 0 bridgehead atoms. The van der Waals surface area contributed by atoms with E-state index < -0.39 is 11.9 Å². The number of para-hydroxylation sites is 1. The summed E-state index contributed by atoms with van der Waals surface area (Å²) < 4.78 is 5.90. The SMILES string of the molecule is O=C1CCC(N2Cc3cc(N4CCN(CCC(=O)N5CCC[C@@H](Nc6ncnc7[nH]cc(C(=O)c8ccc(Oc9ccccc9)cc8Cl)c67)C5)CC4)ccc3C2=O)C(=O)N1. The van der Waals surface area contributed by atoms with Gasteiger partial charge in [-0.2, -0.15) is 0 Å². The number of hydrogen-bond donors (Lipinski definition) is 3. The number of amides is 4. The number of piperazine rings is 1. The third-order valence-corrected chi connectivity index (χ3v) is 12.2. The molecule has 0 radical (unpaired) electrons. The van der Waals surface area contributed by atoms with Crippen LogP contribution in [-0.4, -0.2) is 117 Å². The molecule has 4 aliphatic rings. The Balaban J connectivity index is 0.777. The number of hydrogen-bond acceptors (Lipinski definition) is 11. The number of likely N-dealkylation sites (tertiary alicyclic amines) is 1. The van der Waals surface area contributed by atoms with E-state index in [2.05, 4.69) is 35.4 Å². The third kappa shape index (κ3) is 8.02. The van der Waals surface area contributed by atoms with E-state index in [0.29, 0.717) is 84.1 Å². The molecule has 308 valence electrons. The van der Waals surface area contributed by atoms with Crippen LogP contribution in [0.1, 0.15) is 63.9 Å². The Morgan fingerprint density at radius 3 is 2.53 bits per heavy atom. The monoisotopic (exact) mass is 829 g/mol. The maximum atomic E-state index is 13.9. The van der Waals surface area contributed by atoms with Gasteiger partial charge in [0.25, 0.3) is 5.91 Å². The molecule has 4 aliphatic heterocycles. The van der Waals surface area contributed by atoms with Crippen LogP contribution in [-0.2, 0) is 20.9 Å². The molecule has 0 saturated carbocycles. The lowest BCUT2D eigenvalue weighted by Crippen LogP contribution is -2.52. The summed E-state index contributed by atoms with van der Waals surface area (Å²) in [6.45, 7) is 5.36. The summed E-state index contributed by atoms with van der Waals surface area (Å²) in [5, 5.41) is 6.70. The van der Waals surface area contributed by atoms with Crippen molar-refractivity contribution in [1.29, 1.82) is 0 Å². The molecular formula is C44H44ClN9O6. The summed E-state index contributed by atoms with van der Waals surface area (Å²) in [7, 11) is 0. The lowest BCUT2D eigenvalue weighted by molar-refractivity contribution is -0.137. The van der Waals surface area contributed by atoms with Gasteiger partial charge in [0.15, 0.2) is 5.78 Å². The highest BCUT2D eigenvalue weighted by Gasteiger charge is 2.39. The first-order valence-electron chi connectivity index (χ1n) is 20.4. The second-order valence-electron chi connectivity index (χ2n) is 15.7. The maximum absolute atomic E-state index is 13.9. The quantitative estimate of drug-likeness (QED) is 0.121. The lowest BCUT2D eigenvalue weighted by atomic mass is 10.0. The number of ether oxygens (including phenoxy) is 1. The van der Waals surface area contributed by atoms with Crippen molar-refractivity contribution < 1.29 is 28.7 Å². The largest absolute Gasteiger partial charge is 0.457 e. The van der Waals surface area contributed by atoms with E-state index >= 15 is 0 Å². The molecule has 3 saturated heterocycles. The molecule has 2 atom stereocenters. The van der Waals surface area contributed by atoms with Gasteiger partial charge in [-0.25, -0.2) is 9.97 Å². The molecule has 9 rings (SSSR count). The number of nitrogens with one attached hydrogen (secondary N) is 3. The zero-order chi connectivity index (χ0) is 41.3. The summed E-state index contributed by atoms with van der Waals surface area (Å²) in [5.41, 5.74) is 3.74. The summed E-state index contributed by atoms with van der Waals surface area (Å²) in [6, 6.07) is 19.5. The fourth-order valence-corrected chi connectivity index (χ4v) is 8.93. The average Bonchev–Trinajstić information content (AvgIpc) is 3.84. The van der Waals surface area contributed by atoms with Crippen LogP contribution in [0.5, 0.6) is 11.5 Å². The minimum atomic E-state index is -0.638. The van der Waals surface area contributed by atoms with Gasteiger partial charge in [0.2, 0.25) is 17.7 Å². The van der Waals surface area contributed by atoms with Crippen molar-refractivity contribution in [3.8, 4) is 11.5 Å². The molecule has 3 N–H and O–H groups in total. The number of rotatable bonds is 11. The van der Waals surface area contributed by atoms with E-state index in [0.717, 1.165) is 50.3 Å². The molecule has 2 aromatic heterocycles. The third-order valence-electron chi connectivity index (χ3n) is 11.9. The van der Waals surface area contributed by atoms with Gasteiger partial charge < -0.3 is 29.7 Å². The highest BCUT2D eigenvalue weighted by Crippen LogP contribution is 2.33. The molecule has 0 aliphatic carbocycles. The predicted molar refractivity (Wildman–Crippen MR) is 224 cm³/mol. The molecular weight excluding hydrogens is 786 g/mol. The Bertz CT molecular complexity index is 2490. The van der Waals surface area contributed by atoms with Crippen molar-refractivity contribution in [3.05, 3.63) is 107 Å². The first-order chi connectivity index (χ1) is 29.2. The highest BCUT2D eigenvalue weighted by molar-refractivity contribution is 6.35. The molecule has 6 heterocycles. The number of carbonyl (C=O) groups is 5. The Hall–Kier alpha value is -6.32.